The van der Waals surface area contributed by atoms with E-state index in [2.05, 4.69) is 10.3 Å². The topological polar surface area (TPSA) is 66.7 Å². The largest absolute Gasteiger partial charge is 0.352 e. The number of carbonyl (C=O) groups is 2. The molecule has 0 aromatic carbocycles. The van der Waals surface area contributed by atoms with Crippen LogP contribution in [0.2, 0.25) is 0 Å². The number of pyridine rings is 1. The Morgan fingerprint density at radius 2 is 1.91 bits per heavy atom. The first-order valence-electron chi connectivity index (χ1n) is 11.8. The van der Waals surface area contributed by atoms with Gasteiger partial charge in [0.15, 0.2) is 0 Å². The molecule has 174 valence electrons. The van der Waals surface area contributed by atoms with Crippen molar-refractivity contribution in [3.8, 4) is 0 Å². The van der Waals surface area contributed by atoms with Gasteiger partial charge in [-0.3, -0.25) is 9.59 Å². The molecule has 2 fully saturated rings. The molecule has 1 aliphatic carbocycles. The van der Waals surface area contributed by atoms with E-state index in [1.165, 1.54) is 0 Å². The molecule has 1 saturated heterocycles. The number of unbranched alkanes of at least 4 members (excludes halogenated alkanes) is 1. The van der Waals surface area contributed by atoms with Crippen LogP contribution in [0.5, 0.6) is 0 Å². The minimum absolute atomic E-state index is 0.0296. The summed E-state index contributed by atoms with van der Waals surface area (Å²) in [5.74, 6) is -0.542. The predicted molar refractivity (Wildman–Crippen MR) is 118 cm³/mol. The van der Waals surface area contributed by atoms with Crippen LogP contribution in [0, 0.1) is 11.8 Å². The Bertz CT molecular complexity index is 926. The van der Waals surface area contributed by atoms with Crippen LogP contribution in [-0.4, -0.2) is 58.1 Å². The van der Waals surface area contributed by atoms with Crippen molar-refractivity contribution in [1.82, 2.24) is 19.6 Å². The second-order valence-corrected chi connectivity index (χ2v) is 9.16. The molecular formula is C24H32F2N4O2. The van der Waals surface area contributed by atoms with Crippen molar-refractivity contribution in [2.24, 2.45) is 11.8 Å². The highest BCUT2D eigenvalue weighted by atomic mass is 19.1. The quantitative estimate of drug-likeness (QED) is 0.655. The van der Waals surface area contributed by atoms with Crippen molar-refractivity contribution in [1.29, 1.82) is 0 Å². The van der Waals surface area contributed by atoms with E-state index in [-0.39, 0.29) is 31.1 Å². The Hall–Kier alpha value is -2.51. The molecule has 2 aliphatic rings. The average Bonchev–Trinajstić information content (AvgIpc) is 3.28. The SMILES string of the molecule is O=C(NCCCCC1CCN(C(=O)C2CC(F)CCC2F)CC1)c1ccc2nccn2c1. The number of nitrogens with zero attached hydrogens (tertiary/aromatic N) is 3. The van der Waals surface area contributed by atoms with E-state index in [0.717, 1.165) is 37.8 Å². The maximum absolute atomic E-state index is 14.1. The van der Waals surface area contributed by atoms with Crippen LogP contribution >= 0.6 is 0 Å². The summed E-state index contributed by atoms with van der Waals surface area (Å²) in [7, 11) is 0. The van der Waals surface area contributed by atoms with Gasteiger partial charge in [-0.25, -0.2) is 13.8 Å². The van der Waals surface area contributed by atoms with E-state index in [0.29, 0.717) is 31.1 Å². The highest BCUT2D eigenvalue weighted by molar-refractivity contribution is 5.94. The van der Waals surface area contributed by atoms with Crippen LogP contribution in [0.4, 0.5) is 8.78 Å². The van der Waals surface area contributed by atoms with Crippen LogP contribution in [0.15, 0.2) is 30.7 Å². The predicted octanol–water partition coefficient (Wildman–Crippen LogP) is 3.95. The molecule has 4 rings (SSSR count). The summed E-state index contributed by atoms with van der Waals surface area (Å²) in [6.07, 6.45) is 8.24. The molecule has 2 aromatic rings. The van der Waals surface area contributed by atoms with Crippen LogP contribution in [0.1, 0.15) is 61.7 Å². The summed E-state index contributed by atoms with van der Waals surface area (Å²) in [5, 5.41) is 2.97. The van der Waals surface area contributed by atoms with Crippen molar-refractivity contribution < 1.29 is 18.4 Å². The fourth-order valence-corrected chi connectivity index (χ4v) is 4.93. The molecule has 0 spiro atoms. The Labute approximate surface area is 187 Å². The number of carbonyl (C=O) groups excluding carboxylic acids is 2. The summed E-state index contributed by atoms with van der Waals surface area (Å²) in [5.41, 5.74) is 1.42. The number of amides is 2. The second-order valence-electron chi connectivity index (χ2n) is 9.16. The first-order valence-corrected chi connectivity index (χ1v) is 11.8. The molecule has 1 N–H and O–H groups in total. The molecule has 2 aromatic heterocycles. The Kier molecular flexibility index (Phi) is 7.37. The number of rotatable bonds is 7. The van der Waals surface area contributed by atoms with Gasteiger partial charge in [-0.2, -0.15) is 0 Å². The van der Waals surface area contributed by atoms with E-state index >= 15 is 0 Å². The maximum Gasteiger partial charge on any atom is 0.252 e. The van der Waals surface area contributed by atoms with Gasteiger partial charge in [-0.15, -0.1) is 0 Å². The number of likely N-dealkylation sites (tertiary alicyclic amines) is 1. The zero-order valence-electron chi connectivity index (χ0n) is 18.4. The molecule has 0 radical (unpaired) electrons. The number of halogens is 2. The molecule has 1 aliphatic heterocycles. The molecule has 2 amide bonds. The molecule has 6 nitrogen and oxygen atoms in total. The average molecular weight is 447 g/mol. The fourth-order valence-electron chi connectivity index (χ4n) is 4.93. The van der Waals surface area contributed by atoms with Gasteiger partial charge in [0.2, 0.25) is 5.91 Å². The summed E-state index contributed by atoms with van der Waals surface area (Å²) in [6.45, 7) is 1.90. The van der Waals surface area contributed by atoms with Gasteiger partial charge in [0.25, 0.3) is 5.91 Å². The van der Waals surface area contributed by atoms with Crippen molar-refractivity contribution >= 4 is 17.5 Å². The van der Waals surface area contributed by atoms with Gasteiger partial charge in [0.1, 0.15) is 18.0 Å². The number of aromatic nitrogens is 2. The second kappa shape index (κ2) is 10.4. The van der Waals surface area contributed by atoms with Gasteiger partial charge >= 0.3 is 0 Å². The third kappa shape index (κ3) is 5.45. The van der Waals surface area contributed by atoms with E-state index in [9.17, 15) is 18.4 Å². The lowest BCUT2D eigenvalue weighted by Crippen LogP contribution is -2.46. The zero-order valence-corrected chi connectivity index (χ0v) is 18.4. The Morgan fingerprint density at radius 3 is 2.72 bits per heavy atom. The molecule has 3 atom stereocenters. The Balaban J connectivity index is 1.12. The van der Waals surface area contributed by atoms with E-state index < -0.39 is 18.3 Å². The lowest BCUT2D eigenvalue weighted by atomic mass is 9.84. The van der Waals surface area contributed by atoms with Crippen molar-refractivity contribution in [3.05, 3.63) is 36.3 Å². The van der Waals surface area contributed by atoms with Crippen molar-refractivity contribution in [2.75, 3.05) is 19.6 Å². The standard InChI is InChI=1S/C24H32F2N4O2/c25-19-5-6-21(26)20(15-19)24(32)29-12-8-17(9-13-29)3-1-2-10-28-23(31)18-4-7-22-27-11-14-30(22)16-18/h4,7,11,14,16-17,19-21H,1-3,5-6,8-10,12-13,15H2,(H,28,31). The van der Waals surface area contributed by atoms with Gasteiger partial charge < -0.3 is 14.6 Å². The summed E-state index contributed by atoms with van der Waals surface area (Å²) >= 11 is 0. The van der Waals surface area contributed by atoms with Crippen LogP contribution < -0.4 is 5.32 Å². The summed E-state index contributed by atoms with van der Waals surface area (Å²) in [6, 6.07) is 3.60. The minimum Gasteiger partial charge on any atom is -0.352 e. The molecule has 0 bridgehead atoms. The molecule has 3 unspecified atom stereocenters. The lowest BCUT2D eigenvalue weighted by molar-refractivity contribution is -0.141. The number of alkyl halides is 2. The summed E-state index contributed by atoms with van der Waals surface area (Å²) in [4.78, 5) is 30.9. The first-order chi connectivity index (χ1) is 15.5. The highest BCUT2D eigenvalue weighted by Gasteiger charge is 2.38. The van der Waals surface area contributed by atoms with Crippen molar-refractivity contribution in [3.63, 3.8) is 0 Å². The van der Waals surface area contributed by atoms with Gasteiger partial charge in [0.05, 0.1) is 11.5 Å². The van der Waals surface area contributed by atoms with Gasteiger partial charge in [0, 0.05) is 38.2 Å². The molecule has 8 heteroatoms. The van der Waals surface area contributed by atoms with Gasteiger partial charge in [-0.1, -0.05) is 12.8 Å². The van der Waals surface area contributed by atoms with E-state index in [1.807, 2.05) is 16.7 Å². The molecule has 1 saturated carbocycles. The molecule has 3 heterocycles. The first kappa shape index (κ1) is 22.7. The zero-order chi connectivity index (χ0) is 22.5. The lowest BCUT2D eigenvalue weighted by Gasteiger charge is -2.36. The van der Waals surface area contributed by atoms with E-state index in [1.54, 1.807) is 23.4 Å². The third-order valence-corrected chi connectivity index (χ3v) is 6.92. The van der Waals surface area contributed by atoms with Crippen LogP contribution in [0.25, 0.3) is 5.65 Å². The number of nitrogens with one attached hydrogen (secondary N) is 1. The van der Waals surface area contributed by atoms with Crippen molar-refractivity contribution in [2.45, 2.75) is 63.7 Å². The Morgan fingerprint density at radius 1 is 1.09 bits per heavy atom. The normalized spacial score (nSPS) is 24.6. The molecular weight excluding hydrogens is 414 g/mol. The van der Waals surface area contributed by atoms with E-state index in [4.69, 9.17) is 0 Å². The number of imidazole rings is 1. The number of hydrogen-bond donors (Lipinski definition) is 1. The van der Waals surface area contributed by atoms with Crippen LogP contribution in [0.3, 0.4) is 0 Å². The monoisotopic (exact) mass is 446 g/mol. The van der Waals surface area contributed by atoms with Gasteiger partial charge in [-0.05, 0) is 56.6 Å². The third-order valence-electron chi connectivity index (χ3n) is 6.92. The number of piperidine rings is 1. The highest BCUT2D eigenvalue weighted by Crippen LogP contribution is 2.32. The number of hydrogen-bond acceptors (Lipinski definition) is 3. The van der Waals surface area contributed by atoms with Crippen LogP contribution in [-0.2, 0) is 4.79 Å². The molecule has 32 heavy (non-hydrogen) atoms. The fraction of sp³-hybridized carbons (Fsp3) is 0.625. The summed E-state index contributed by atoms with van der Waals surface area (Å²) < 4.78 is 29.6. The minimum atomic E-state index is -1.20. The maximum atomic E-state index is 14.1. The number of fused-ring (bicyclic) bond motifs is 1. The smallest absolute Gasteiger partial charge is 0.252 e.